The lowest BCUT2D eigenvalue weighted by Gasteiger charge is -2.36. The fourth-order valence-electron chi connectivity index (χ4n) is 3.19. The van der Waals surface area contributed by atoms with Crippen LogP contribution >= 0.6 is 21.9 Å². The SMILES string of the molecule is PC1CCC(C2CCC(S)CC2)CC1. The quantitative estimate of drug-likeness (QED) is 0.512. The van der Waals surface area contributed by atoms with Gasteiger partial charge in [-0.3, -0.25) is 0 Å². The fraction of sp³-hybridized carbons (Fsp3) is 1.00. The zero-order valence-corrected chi connectivity index (χ0v) is 11.0. The summed E-state index contributed by atoms with van der Waals surface area (Å²) < 4.78 is 0. The largest absolute Gasteiger partial charge is 0.176 e. The Morgan fingerprint density at radius 2 is 1.14 bits per heavy atom. The van der Waals surface area contributed by atoms with Crippen LogP contribution in [0.5, 0.6) is 0 Å². The normalized spacial score (nSPS) is 45.0. The Balaban J connectivity index is 1.78. The first-order valence-electron chi connectivity index (χ1n) is 6.19. The van der Waals surface area contributed by atoms with Crippen LogP contribution in [0.4, 0.5) is 0 Å². The topological polar surface area (TPSA) is 0 Å². The van der Waals surface area contributed by atoms with E-state index in [1.54, 1.807) is 0 Å². The molecule has 2 heteroatoms. The van der Waals surface area contributed by atoms with Crippen molar-refractivity contribution in [3.63, 3.8) is 0 Å². The molecule has 2 rings (SSSR count). The molecule has 0 spiro atoms. The molecular weight excluding hydrogens is 207 g/mol. The molecule has 2 aliphatic carbocycles. The molecule has 2 fully saturated rings. The van der Waals surface area contributed by atoms with Gasteiger partial charge in [0.15, 0.2) is 0 Å². The van der Waals surface area contributed by atoms with E-state index in [1.165, 1.54) is 51.4 Å². The van der Waals surface area contributed by atoms with Crippen LogP contribution < -0.4 is 0 Å². The highest BCUT2D eigenvalue weighted by Gasteiger charge is 2.28. The molecule has 2 saturated carbocycles. The predicted molar refractivity (Wildman–Crippen MR) is 70.2 cm³/mol. The number of rotatable bonds is 1. The number of hydrogen-bond donors (Lipinski definition) is 1. The second kappa shape index (κ2) is 5.21. The minimum Gasteiger partial charge on any atom is -0.176 e. The van der Waals surface area contributed by atoms with Gasteiger partial charge in [-0.05, 0) is 68.9 Å². The molecule has 14 heavy (non-hydrogen) atoms. The predicted octanol–water partition coefficient (Wildman–Crippen LogP) is 3.91. The Kier molecular flexibility index (Phi) is 4.20. The molecule has 0 aromatic rings. The summed E-state index contributed by atoms with van der Waals surface area (Å²) in [5, 5.41) is 0.712. The summed E-state index contributed by atoms with van der Waals surface area (Å²) in [4.78, 5) is 0. The summed E-state index contributed by atoms with van der Waals surface area (Å²) in [5.74, 6) is 2.11. The lowest BCUT2D eigenvalue weighted by Crippen LogP contribution is -2.26. The van der Waals surface area contributed by atoms with E-state index in [2.05, 4.69) is 21.9 Å². The van der Waals surface area contributed by atoms with Crippen LogP contribution in [0.2, 0.25) is 0 Å². The summed E-state index contributed by atoms with van der Waals surface area (Å²) in [6, 6.07) is 0. The van der Waals surface area contributed by atoms with E-state index >= 15 is 0 Å². The molecule has 0 aromatic carbocycles. The summed E-state index contributed by atoms with van der Waals surface area (Å²) in [5.41, 5.74) is 0.924. The van der Waals surface area contributed by atoms with Crippen LogP contribution in [0.15, 0.2) is 0 Å². The van der Waals surface area contributed by atoms with Gasteiger partial charge in [0.2, 0.25) is 0 Å². The molecule has 0 bridgehead atoms. The van der Waals surface area contributed by atoms with E-state index < -0.39 is 0 Å². The molecule has 0 N–H and O–H groups in total. The third-order valence-corrected chi connectivity index (χ3v) is 5.41. The van der Waals surface area contributed by atoms with Crippen molar-refractivity contribution in [2.24, 2.45) is 11.8 Å². The second-order valence-corrected chi connectivity index (χ2v) is 6.92. The average molecular weight is 230 g/mol. The van der Waals surface area contributed by atoms with Crippen LogP contribution in [-0.4, -0.2) is 10.9 Å². The van der Waals surface area contributed by atoms with E-state index in [0.717, 1.165) is 17.5 Å². The zero-order chi connectivity index (χ0) is 9.97. The third kappa shape index (κ3) is 2.89. The Morgan fingerprint density at radius 1 is 0.714 bits per heavy atom. The Bertz CT molecular complexity index is 147. The van der Waals surface area contributed by atoms with Crippen molar-refractivity contribution in [2.45, 2.75) is 62.3 Å². The summed E-state index contributed by atoms with van der Waals surface area (Å²) in [7, 11) is 3.00. The molecule has 0 nitrogen and oxygen atoms in total. The minimum atomic E-state index is 0.712. The molecule has 2 aliphatic rings. The lowest BCUT2D eigenvalue weighted by atomic mass is 9.73. The smallest absolute Gasteiger partial charge is 0.00170 e. The van der Waals surface area contributed by atoms with Gasteiger partial charge >= 0.3 is 0 Å². The van der Waals surface area contributed by atoms with Gasteiger partial charge in [-0.1, -0.05) is 0 Å². The highest BCUT2D eigenvalue weighted by Crippen LogP contribution is 2.40. The van der Waals surface area contributed by atoms with Crippen LogP contribution in [0.3, 0.4) is 0 Å². The van der Waals surface area contributed by atoms with Crippen molar-refractivity contribution in [1.82, 2.24) is 0 Å². The van der Waals surface area contributed by atoms with Gasteiger partial charge in [0.1, 0.15) is 0 Å². The standard InChI is InChI=1S/C12H23PS/c13-11-5-1-9(2-6-11)10-3-7-12(14)8-4-10/h9-12,14H,1-8,13H2. The summed E-state index contributed by atoms with van der Waals surface area (Å²) >= 11 is 4.58. The van der Waals surface area contributed by atoms with Gasteiger partial charge in [0.05, 0.1) is 0 Å². The maximum absolute atomic E-state index is 4.58. The van der Waals surface area contributed by atoms with Crippen molar-refractivity contribution >= 4 is 21.9 Å². The van der Waals surface area contributed by atoms with Gasteiger partial charge in [-0.2, -0.15) is 12.6 Å². The maximum atomic E-state index is 4.58. The number of hydrogen-bond acceptors (Lipinski definition) is 1. The molecule has 0 radical (unpaired) electrons. The summed E-state index contributed by atoms with van der Waals surface area (Å²) in [6.07, 6.45) is 11.6. The molecule has 1 unspecified atom stereocenters. The molecule has 1 atom stereocenters. The van der Waals surface area contributed by atoms with E-state index in [-0.39, 0.29) is 0 Å². The molecule has 82 valence electrons. The third-order valence-electron chi connectivity index (χ3n) is 4.22. The molecule has 0 heterocycles. The number of thiol groups is 1. The van der Waals surface area contributed by atoms with Crippen LogP contribution in [0.1, 0.15) is 51.4 Å². The van der Waals surface area contributed by atoms with E-state index in [0.29, 0.717) is 5.25 Å². The first-order valence-corrected chi connectivity index (χ1v) is 7.37. The van der Waals surface area contributed by atoms with E-state index in [1.807, 2.05) is 0 Å². The van der Waals surface area contributed by atoms with Gasteiger partial charge in [-0.25, -0.2) is 0 Å². The Hall–Kier alpha value is 0.780. The summed E-state index contributed by atoms with van der Waals surface area (Å²) in [6.45, 7) is 0. The van der Waals surface area contributed by atoms with Gasteiger partial charge in [-0.15, -0.1) is 9.24 Å². The van der Waals surface area contributed by atoms with Gasteiger partial charge in [0, 0.05) is 5.25 Å². The van der Waals surface area contributed by atoms with Crippen molar-refractivity contribution in [1.29, 1.82) is 0 Å². The highest BCUT2D eigenvalue weighted by atomic mass is 32.1. The van der Waals surface area contributed by atoms with Crippen molar-refractivity contribution in [2.75, 3.05) is 0 Å². The second-order valence-electron chi connectivity index (χ2n) is 5.24. The molecule has 0 saturated heterocycles. The Labute approximate surface area is 96.2 Å². The monoisotopic (exact) mass is 230 g/mol. The molecule has 0 aromatic heterocycles. The van der Waals surface area contributed by atoms with E-state index in [4.69, 9.17) is 0 Å². The van der Waals surface area contributed by atoms with Crippen LogP contribution in [0, 0.1) is 11.8 Å². The zero-order valence-electron chi connectivity index (χ0n) is 8.99. The molecular formula is C12H23PS. The van der Waals surface area contributed by atoms with Crippen molar-refractivity contribution < 1.29 is 0 Å². The molecule has 0 amide bonds. The van der Waals surface area contributed by atoms with Gasteiger partial charge < -0.3 is 0 Å². The van der Waals surface area contributed by atoms with Gasteiger partial charge in [0.25, 0.3) is 0 Å². The lowest BCUT2D eigenvalue weighted by molar-refractivity contribution is 0.201. The molecule has 0 aliphatic heterocycles. The Morgan fingerprint density at radius 3 is 1.64 bits per heavy atom. The van der Waals surface area contributed by atoms with E-state index in [9.17, 15) is 0 Å². The van der Waals surface area contributed by atoms with Crippen molar-refractivity contribution in [3.05, 3.63) is 0 Å². The maximum Gasteiger partial charge on any atom is 0.00170 e. The van der Waals surface area contributed by atoms with Crippen LogP contribution in [-0.2, 0) is 0 Å². The van der Waals surface area contributed by atoms with Crippen molar-refractivity contribution in [3.8, 4) is 0 Å². The van der Waals surface area contributed by atoms with Crippen LogP contribution in [0.25, 0.3) is 0 Å². The first-order chi connectivity index (χ1) is 6.75. The first kappa shape index (κ1) is 11.3. The fourth-order valence-corrected chi connectivity index (χ4v) is 3.87. The highest BCUT2D eigenvalue weighted by molar-refractivity contribution is 7.80. The average Bonchev–Trinajstić information content (AvgIpc) is 2.21. The minimum absolute atomic E-state index is 0.712.